The van der Waals surface area contributed by atoms with Gasteiger partial charge in [0.25, 0.3) is 0 Å². The van der Waals surface area contributed by atoms with E-state index in [2.05, 4.69) is 41.7 Å². The summed E-state index contributed by atoms with van der Waals surface area (Å²) < 4.78 is 10.2. The van der Waals surface area contributed by atoms with Crippen LogP contribution in [-0.2, 0) is 19.0 Å². The Kier molecular flexibility index (Phi) is 10.2. The van der Waals surface area contributed by atoms with Crippen molar-refractivity contribution in [2.75, 3.05) is 12.4 Å². The lowest BCUT2D eigenvalue weighted by molar-refractivity contribution is -0.144. The van der Waals surface area contributed by atoms with Crippen LogP contribution in [0.2, 0.25) is 0 Å². The largest absolute Gasteiger partial charge is 0.456 e. The third-order valence-electron chi connectivity index (χ3n) is 6.42. The van der Waals surface area contributed by atoms with Crippen molar-refractivity contribution < 1.29 is 23.9 Å². The van der Waals surface area contributed by atoms with Gasteiger partial charge in [0, 0.05) is 11.3 Å². The molecule has 4 aromatic carbocycles. The van der Waals surface area contributed by atoms with Crippen LogP contribution in [-0.4, -0.2) is 41.8 Å². The number of carbonyl (C=O) groups excluding carboxylic acids is 3. The van der Waals surface area contributed by atoms with Gasteiger partial charge in [0.05, 0.1) is 4.75 Å². The average Bonchev–Trinajstić information content (AvgIpc) is 3.00. The van der Waals surface area contributed by atoms with Crippen LogP contribution in [0, 0.1) is 0 Å². The van der Waals surface area contributed by atoms with Crippen LogP contribution in [0.15, 0.2) is 121 Å². The zero-order valence-electron chi connectivity index (χ0n) is 24.0. The minimum Gasteiger partial charge on any atom is -0.456 e. The fraction of sp³-hybridized carbons (Fsp3) is 0.229. The molecule has 1 atom stereocenters. The second-order valence-corrected chi connectivity index (χ2v) is 11.9. The zero-order chi connectivity index (χ0) is 30.0. The van der Waals surface area contributed by atoms with Crippen molar-refractivity contribution in [2.24, 2.45) is 0 Å². The minimum atomic E-state index is -1.09. The first kappa shape index (κ1) is 30.6. The Morgan fingerprint density at radius 1 is 0.690 bits per heavy atom. The maximum absolute atomic E-state index is 13.4. The molecule has 0 aromatic heterocycles. The Hall–Kier alpha value is -4.36. The second-order valence-electron chi connectivity index (χ2n) is 10.7. The summed E-state index contributed by atoms with van der Waals surface area (Å²) in [6.45, 7) is 4.80. The summed E-state index contributed by atoms with van der Waals surface area (Å²) in [5, 5.41) is 2.70. The van der Waals surface area contributed by atoms with Gasteiger partial charge < -0.3 is 14.8 Å². The van der Waals surface area contributed by atoms with Crippen molar-refractivity contribution in [3.05, 3.63) is 144 Å². The van der Waals surface area contributed by atoms with E-state index < -0.39 is 35.1 Å². The maximum Gasteiger partial charge on any atom is 0.408 e. The Morgan fingerprint density at radius 2 is 1.12 bits per heavy atom. The summed E-state index contributed by atoms with van der Waals surface area (Å²) in [5.74, 6) is -0.920. The van der Waals surface area contributed by atoms with Gasteiger partial charge >= 0.3 is 12.1 Å². The summed E-state index contributed by atoms with van der Waals surface area (Å²) in [7, 11) is 0. The number of hydrogen-bond acceptors (Lipinski definition) is 6. The first-order valence-corrected chi connectivity index (χ1v) is 14.7. The number of amides is 1. The molecule has 4 rings (SSSR count). The van der Waals surface area contributed by atoms with E-state index in [1.165, 1.54) is 11.8 Å². The van der Waals surface area contributed by atoms with E-state index in [1.807, 2.05) is 54.6 Å². The SMILES string of the molecule is CC(C)(C)OC(=O)N[C@@H](CSC(c1ccccc1)(c1ccccc1)c1ccccc1)C(=O)OCC(=O)c1ccccc1. The van der Waals surface area contributed by atoms with Gasteiger partial charge in [-0.2, -0.15) is 0 Å². The number of alkyl carbamates (subject to hydrolysis) is 1. The molecule has 1 amide bonds. The molecule has 216 valence electrons. The van der Waals surface area contributed by atoms with Crippen molar-refractivity contribution in [3.8, 4) is 0 Å². The quantitative estimate of drug-likeness (QED) is 0.116. The van der Waals surface area contributed by atoms with Gasteiger partial charge in [-0.1, -0.05) is 121 Å². The molecule has 7 heteroatoms. The molecular weight excluding hydrogens is 546 g/mol. The third kappa shape index (κ3) is 7.89. The van der Waals surface area contributed by atoms with Crippen LogP contribution in [0.4, 0.5) is 4.79 Å². The molecule has 0 aliphatic heterocycles. The number of carbonyl (C=O) groups is 3. The number of nitrogens with one attached hydrogen (secondary N) is 1. The number of Topliss-reactive ketones (excluding diaryl/α,β-unsaturated/α-hetero) is 1. The molecule has 6 nitrogen and oxygen atoms in total. The average molecular weight is 582 g/mol. The summed E-state index contributed by atoms with van der Waals surface area (Å²) in [5.41, 5.74) is 2.70. The highest BCUT2D eigenvalue weighted by atomic mass is 32.2. The lowest BCUT2D eigenvalue weighted by atomic mass is 9.84. The summed E-state index contributed by atoms with van der Waals surface area (Å²) in [6.07, 6.45) is -0.746. The van der Waals surface area contributed by atoms with E-state index in [9.17, 15) is 14.4 Å². The predicted octanol–water partition coefficient (Wildman–Crippen LogP) is 7.03. The monoisotopic (exact) mass is 581 g/mol. The number of esters is 1. The normalized spacial score (nSPS) is 12.2. The molecule has 0 heterocycles. The lowest BCUT2D eigenvalue weighted by Gasteiger charge is -2.36. The van der Waals surface area contributed by atoms with Crippen molar-refractivity contribution in [1.82, 2.24) is 5.32 Å². The van der Waals surface area contributed by atoms with Crippen molar-refractivity contribution >= 4 is 29.6 Å². The molecule has 0 unspecified atom stereocenters. The van der Waals surface area contributed by atoms with E-state index in [0.717, 1.165) is 16.7 Å². The molecule has 0 saturated heterocycles. The summed E-state index contributed by atoms with van der Waals surface area (Å²) >= 11 is 1.50. The first-order valence-electron chi connectivity index (χ1n) is 13.7. The molecule has 0 aliphatic rings. The molecule has 0 fully saturated rings. The van der Waals surface area contributed by atoms with E-state index >= 15 is 0 Å². The van der Waals surface area contributed by atoms with Crippen molar-refractivity contribution in [2.45, 2.75) is 37.2 Å². The van der Waals surface area contributed by atoms with Gasteiger partial charge in [-0.15, -0.1) is 11.8 Å². The molecule has 0 aliphatic carbocycles. The van der Waals surface area contributed by atoms with Gasteiger partial charge in [0.15, 0.2) is 12.4 Å². The van der Waals surface area contributed by atoms with Crippen LogP contribution >= 0.6 is 11.8 Å². The molecule has 0 radical (unpaired) electrons. The van der Waals surface area contributed by atoms with Crippen molar-refractivity contribution in [3.63, 3.8) is 0 Å². The number of ketones is 1. The molecular formula is C35H35NO5S. The maximum atomic E-state index is 13.4. The van der Waals surface area contributed by atoms with E-state index in [4.69, 9.17) is 9.47 Å². The summed E-state index contributed by atoms with van der Waals surface area (Å²) in [4.78, 5) is 39.0. The highest BCUT2D eigenvalue weighted by Gasteiger charge is 2.39. The van der Waals surface area contributed by atoms with E-state index in [1.54, 1.807) is 51.1 Å². The van der Waals surface area contributed by atoms with Gasteiger partial charge in [-0.25, -0.2) is 9.59 Å². The topological polar surface area (TPSA) is 81.7 Å². The van der Waals surface area contributed by atoms with Gasteiger partial charge in [0.2, 0.25) is 0 Å². The second kappa shape index (κ2) is 14.0. The van der Waals surface area contributed by atoms with E-state index in [0.29, 0.717) is 5.56 Å². The summed E-state index contributed by atoms with van der Waals surface area (Å²) in [6, 6.07) is 37.6. The number of ether oxygens (including phenoxy) is 2. The van der Waals surface area contributed by atoms with Crippen LogP contribution in [0.25, 0.3) is 0 Å². The third-order valence-corrected chi connectivity index (χ3v) is 8.06. The fourth-order valence-electron chi connectivity index (χ4n) is 4.54. The van der Waals surface area contributed by atoms with Gasteiger partial charge in [-0.05, 0) is 37.5 Å². The molecule has 0 bridgehead atoms. The lowest BCUT2D eigenvalue weighted by Crippen LogP contribution is -2.47. The number of benzene rings is 4. The predicted molar refractivity (Wildman–Crippen MR) is 167 cm³/mol. The Balaban J connectivity index is 1.67. The standard InChI is InChI=1S/C35H35NO5S/c1-34(2,3)41-33(39)36-30(32(38)40-24-31(37)26-16-8-4-9-17-26)25-42-35(27-18-10-5-11-19-27,28-20-12-6-13-21-28)29-22-14-7-15-23-29/h4-23,30H,24-25H2,1-3H3,(H,36,39)/t30-/m0/s1. The zero-order valence-corrected chi connectivity index (χ0v) is 24.8. The minimum absolute atomic E-state index is 0.135. The highest BCUT2D eigenvalue weighted by molar-refractivity contribution is 8.00. The van der Waals surface area contributed by atoms with Crippen LogP contribution in [0.3, 0.4) is 0 Å². The smallest absolute Gasteiger partial charge is 0.408 e. The van der Waals surface area contributed by atoms with E-state index in [-0.39, 0.29) is 11.5 Å². The van der Waals surface area contributed by atoms with Crippen LogP contribution < -0.4 is 5.32 Å². The molecule has 1 N–H and O–H groups in total. The Bertz CT molecular complexity index is 1360. The first-order chi connectivity index (χ1) is 20.2. The van der Waals surface area contributed by atoms with Crippen LogP contribution in [0.5, 0.6) is 0 Å². The van der Waals surface area contributed by atoms with Gasteiger partial charge in [0.1, 0.15) is 11.6 Å². The number of thioether (sulfide) groups is 1. The molecule has 4 aromatic rings. The van der Waals surface area contributed by atoms with Crippen molar-refractivity contribution in [1.29, 1.82) is 0 Å². The molecule has 42 heavy (non-hydrogen) atoms. The number of rotatable bonds is 11. The number of hydrogen-bond donors (Lipinski definition) is 1. The molecule has 0 spiro atoms. The van der Waals surface area contributed by atoms with Crippen LogP contribution in [0.1, 0.15) is 47.8 Å². The van der Waals surface area contributed by atoms with Gasteiger partial charge in [-0.3, -0.25) is 4.79 Å². The molecule has 0 saturated carbocycles. The Morgan fingerprint density at radius 3 is 1.55 bits per heavy atom. The highest BCUT2D eigenvalue weighted by Crippen LogP contribution is 2.48. The fourth-order valence-corrected chi connectivity index (χ4v) is 6.08. The Labute approximate surface area is 251 Å².